The third-order valence-electron chi connectivity index (χ3n) is 1.65. The average molecular weight is 270 g/mol. The van der Waals surface area contributed by atoms with Gasteiger partial charge in [0.05, 0.1) is 23.6 Å². The predicted octanol–water partition coefficient (Wildman–Crippen LogP) is 2.55. The molecule has 0 aliphatic carbocycles. The van der Waals surface area contributed by atoms with E-state index in [1.165, 1.54) is 0 Å². The predicted molar refractivity (Wildman–Crippen MR) is 47.7 cm³/mol. The molecule has 0 bridgehead atoms. The van der Waals surface area contributed by atoms with Crippen LogP contribution in [0.4, 0.5) is 13.2 Å². The fourth-order valence-corrected chi connectivity index (χ4v) is 1.33. The summed E-state index contributed by atoms with van der Waals surface area (Å²) in [4.78, 5) is 3.67. The van der Waals surface area contributed by atoms with Crippen molar-refractivity contribution in [1.29, 1.82) is 0 Å². The molecule has 1 heterocycles. The van der Waals surface area contributed by atoms with Crippen LogP contribution in [0, 0.1) is 5.82 Å². The Hall–Kier alpha value is -0.620. The van der Waals surface area contributed by atoms with Crippen LogP contribution in [-0.2, 0) is 11.9 Å². The number of pyridine rings is 1. The number of hydrogen-bond donors (Lipinski definition) is 1. The van der Waals surface area contributed by atoms with Crippen molar-refractivity contribution in [3.05, 3.63) is 28.8 Å². The van der Waals surface area contributed by atoms with Crippen molar-refractivity contribution in [1.82, 2.24) is 4.98 Å². The normalized spacial score (nSPS) is 11.0. The van der Waals surface area contributed by atoms with E-state index in [2.05, 4.69) is 20.9 Å². The minimum Gasteiger partial charge on any atom is -0.390 e. The molecular formula is C8H7BrF3NO. The largest absolute Gasteiger partial charge is 0.390 e. The van der Waals surface area contributed by atoms with E-state index in [9.17, 15) is 13.2 Å². The van der Waals surface area contributed by atoms with Crippen LogP contribution in [-0.4, -0.2) is 10.1 Å². The van der Waals surface area contributed by atoms with Crippen molar-refractivity contribution in [2.45, 2.75) is 18.4 Å². The summed E-state index contributed by atoms with van der Waals surface area (Å²) in [6.45, 7) is -0.697. The van der Waals surface area contributed by atoms with Gasteiger partial charge >= 0.3 is 0 Å². The fraction of sp³-hybridized carbons (Fsp3) is 0.375. The molecule has 0 spiro atoms. The molecule has 0 saturated carbocycles. The lowest BCUT2D eigenvalue weighted by Crippen LogP contribution is -2.04. The highest BCUT2D eigenvalue weighted by Crippen LogP contribution is 2.25. The number of hydrogen-bond acceptors (Lipinski definition) is 2. The smallest absolute Gasteiger partial charge is 0.268 e. The number of alkyl halides is 3. The molecule has 0 radical (unpaired) electrons. The topological polar surface area (TPSA) is 33.1 Å². The summed E-state index contributed by atoms with van der Waals surface area (Å²) >= 11 is 3.02. The van der Waals surface area contributed by atoms with E-state index in [1.54, 1.807) is 0 Å². The van der Waals surface area contributed by atoms with Gasteiger partial charge in [-0.05, 0) is 6.07 Å². The summed E-state index contributed by atoms with van der Waals surface area (Å²) in [5.74, 6) is -1.03. The van der Waals surface area contributed by atoms with Gasteiger partial charge in [0, 0.05) is 5.33 Å². The molecule has 78 valence electrons. The van der Waals surface area contributed by atoms with Crippen LogP contribution in [0.3, 0.4) is 0 Å². The Kier molecular flexibility index (Phi) is 3.88. The number of halogens is 4. The van der Waals surface area contributed by atoms with Gasteiger partial charge in [-0.25, -0.2) is 13.2 Å². The van der Waals surface area contributed by atoms with Crippen molar-refractivity contribution in [2.75, 3.05) is 0 Å². The highest BCUT2D eigenvalue weighted by molar-refractivity contribution is 9.08. The first-order valence-corrected chi connectivity index (χ1v) is 4.85. The van der Waals surface area contributed by atoms with Crippen molar-refractivity contribution in [3.8, 4) is 0 Å². The third-order valence-corrected chi connectivity index (χ3v) is 2.22. The first-order chi connectivity index (χ1) is 6.60. The van der Waals surface area contributed by atoms with E-state index in [4.69, 9.17) is 5.11 Å². The molecule has 0 aromatic carbocycles. The molecule has 0 unspecified atom stereocenters. The van der Waals surface area contributed by atoms with Gasteiger partial charge in [0.25, 0.3) is 6.43 Å². The molecule has 1 aromatic rings. The molecule has 1 aromatic heterocycles. The zero-order chi connectivity index (χ0) is 10.7. The first-order valence-electron chi connectivity index (χ1n) is 3.73. The summed E-state index contributed by atoms with van der Waals surface area (Å²) in [5, 5.41) is 8.98. The molecule has 1 rings (SSSR count). The molecule has 6 heteroatoms. The molecule has 0 aliphatic heterocycles. The van der Waals surface area contributed by atoms with Crippen LogP contribution in [0.1, 0.15) is 23.4 Å². The van der Waals surface area contributed by atoms with Crippen LogP contribution in [0.25, 0.3) is 0 Å². The molecule has 14 heavy (non-hydrogen) atoms. The summed E-state index contributed by atoms with van der Waals surface area (Å²) in [5.41, 5.74) is -0.859. The molecule has 0 fully saturated rings. The Morgan fingerprint density at radius 2 is 2.14 bits per heavy atom. The SMILES string of the molecule is OCc1nc(CBr)cc(F)c1C(F)F. The molecule has 0 atom stereocenters. The summed E-state index contributed by atoms with van der Waals surface area (Å²) in [7, 11) is 0. The maximum Gasteiger partial charge on any atom is 0.268 e. The lowest BCUT2D eigenvalue weighted by molar-refractivity contribution is 0.140. The van der Waals surface area contributed by atoms with Crippen LogP contribution < -0.4 is 0 Å². The van der Waals surface area contributed by atoms with E-state index in [1.807, 2.05) is 0 Å². The average Bonchev–Trinajstić information content (AvgIpc) is 2.15. The molecule has 0 amide bonds. The second-order valence-corrected chi connectivity index (χ2v) is 3.11. The van der Waals surface area contributed by atoms with Gasteiger partial charge in [-0.15, -0.1) is 0 Å². The Balaban J connectivity index is 3.27. The third kappa shape index (κ3) is 2.24. The van der Waals surface area contributed by atoms with E-state index < -0.39 is 24.4 Å². The van der Waals surface area contributed by atoms with Gasteiger partial charge in [0.2, 0.25) is 0 Å². The van der Waals surface area contributed by atoms with Gasteiger partial charge < -0.3 is 5.11 Å². The minimum absolute atomic E-state index is 0.250. The van der Waals surface area contributed by atoms with Gasteiger partial charge in [0.1, 0.15) is 5.82 Å². The van der Waals surface area contributed by atoms with Crippen molar-refractivity contribution in [2.24, 2.45) is 0 Å². The Labute approximate surface area is 86.9 Å². The Bertz CT molecular complexity index is 333. The highest BCUT2D eigenvalue weighted by atomic mass is 79.9. The monoisotopic (exact) mass is 269 g/mol. The lowest BCUT2D eigenvalue weighted by Gasteiger charge is -2.08. The number of aliphatic hydroxyl groups excluding tert-OH is 1. The minimum atomic E-state index is -2.96. The van der Waals surface area contributed by atoms with Crippen LogP contribution in [0.2, 0.25) is 0 Å². The van der Waals surface area contributed by atoms with E-state index >= 15 is 0 Å². The number of aliphatic hydroxyl groups is 1. The summed E-state index contributed by atoms with van der Waals surface area (Å²) in [6, 6.07) is 0.926. The van der Waals surface area contributed by atoms with Crippen molar-refractivity contribution >= 4 is 15.9 Å². The number of nitrogens with zero attached hydrogens (tertiary/aromatic N) is 1. The Morgan fingerprint density at radius 1 is 1.50 bits per heavy atom. The lowest BCUT2D eigenvalue weighted by atomic mass is 10.1. The molecule has 1 N–H and O–H groups in total. The zero-order valence-corrected chi connectivity index (χ0v) is 8.56. The standard InChI is InChI=1S/C8H7BrF3NO/c9-2-4-1-5(10)7(8(11)12)6(3-14)13-4/h1,8,14H,2-3H2. The van der Waals surface area contributed by atoms with Crippen molar-refractivity contribution in [3.63, 3.8) is 0 Å². The number of aromatic nitrogens is 1. The van der Waals surface area contributed by atoms with Crippen LogP contribution in [0.15, 0.2) is 6.07 Å². The van der Waals surface area contributed by atoms with Crippen LogP contribution in [0.5, 0.6) is 0 Å². The van der Waals surface area contributed by atoms with Gasteiger partial charge in [-0.1, -0.05) is 15.9 Å². The zero-order valence-electron chi connectivity index (χ0n) is 6.98. The van der Waals surface area contributed by atoms with E-state index in [-0.39, 0.29) is 16.7 Å². The molecule has 0 saturated heterocycles. The first kappa shape index (κ1) is 11.5. The fourth-order valence-electron chi connectivity index (χ4n) is 1.05. The summed E-state index contributed by atoms with van der Waals surface area (Å²) < 4.78 is 37.7. The molecular weight excluding hydrogens is 263 g/mol. The van der Waals surface area contributed by atoms with E-state index in [0.717, 1.165) is 6.07 Å². The van der Waals surface area contributed by atoms with Gasteiger partial charge in [0.15, 0.2) is 0 Å². The van der Waals surface area contributed by atoms with E-state index in [0.29, 0.717) is 0 Å². The molecule has 2 nitrogen and oxygen atoms in total. The van der Waals surface area contributed by atoms with Gasteiger partial charge in [-0.3, -0.25) is 4.98 Å². The Morgan fingerprint density at radius 3 is 2.57 bits per heavy atom. The van der Waals surface area contributed by atoms with Gasteiger partial charge in [-0.2, -0.15) is 0 Å². The molecule has 0 aliphatic rings. The summed E-state index contributed by atoms with van der Waals surface area (Å²) in [6.07, 6.45) is -2.96. The maximum atomic E-state index is 13.1. The highest BCUT2D eigenvalue weighted by Gasteiger charge is 2.20. The van der Waals surface area contributed by atoms with Crippen molar-refractivity contribution < 1.29 is 18.3 Å². The maximum absolute atomic E-state index is 13.1. The van der Waals surface area contributed by atoms with Crippen LogP contribution >= 0.6 is 15.9 Å². The number of rotatable bonds is 3. The second-order valence-electron chi connectivity index (χ2n) is 2.55. The second kappa shape index (κ2) is 4.75. The quantitative estimate of drug-likeness (QED) is 0.856.